The summed E-state index contributed by atoms with van der Waals surface area (Å²) in [6.45, 7) is 2.88. The molecule has 3 heteroatoms. The first-order valence-corrected chi connectivity index (χ1v) is 4.76. The fourth-order valence-electron chi connectivity index (χ4n) is 0.938. The van der Waals surface area contributed by atoms with Crippen LogP contribution in [0.4, 0.5) is 0 Å². The van der Waals surface area contributed by atoms with Crippen molar-refractivity contribution in [1.82, 2.24) is 4.98 Å². The zero-order chi connectivity index (χ0) is 8.10. The Labute approximate surface area is 71.5 Å². The maximum Gasteiger partial charge on any atom is 0.0927 e. The van der Waals surface area contributed by atoms with E-state index in [4.69, 9.17) is 5.73 Å². The van der Waals surface area contributed by atoms with Crippen LogP contribution >= 0.6 is 11.3 Å². The van der Waals surface area contributed by atoms with Gasteiger partial charge in [-0.15, -0.1) is 11.3 Å². The van der Waals surface area contributed by atoms with Crippen LogP contribution < -0.4 is 5.73 Å². The Morgan fingerprint density at radius 2 is 2.36 bits per heavy atom. The second-order valence-electron chi connectivity index (χ2n) is 2.61. The summed E-state index contributed by atoms with van der Waals surface area (Å²) in [6, 6.07) is 0. The van der Waals surface area contributed by atoms with Gasteiger partial charge < -0.3 is 5.73 Å². The van der Waals surface area contributed by atoms with Crippen LogP contribution in [0.1, 0.15) is 22.7 Å². The van der Waals surface area contributed by atoms with Gasteiger partial charge in [-0.3, -0.25) is 0 Å². The van der Waals surface area contributed by atoms with Gasteiger partial charge in [0, 0.05) is 11.1 Å². The lowest BCUT2D eigenvalue weighted by Crippen LogP contribution is -1.98. The van der Waals surface area contributed by atoms with E-state index in [0.29, 0.717) is 0 Å². The lowest BCUT2D eigenvalue weighted by Gasteiger charge is -1.92. The number of nitrogens with two attached hydrogens (primary N) is 1. The van der Waals surface area contributed by atoms with Crippen molar-refractivity contribution in [3.05, 3.63) is 16.1 Å². The molecule has 0 radical (unpaired) electrons. The van der Waals surface area contributed by atoms with Crippen molar-refractivity contribution >= 4 is 11.3 Å². The predicted molar refractivity (Wildman–Crippen MR) is 48.8 cm³/mol. The number of rotatable bonds is 4. The van der Waals surface area contributed by atoms with E-state index in [2.05, 4.69) is 11.9 Å². The number of hydrogen-bond donors (Lipinski definition) is 1. The molecule has 0 saturated heterocycles. The maximum atomic E-state index is 5.38. The Hall–Kier alpha value is -0.410. The molecule has 1 aromatic rings. The van der Waals surface area contributed by atoms with Gasteiger partial charge in [0.25, 0.3) is 0 Å². The molecule has 11 heavy (non-hydrogen) atoms. The van der Waals surface area contributed by atoms with E-state index in [1.54, 1.807) is 11.3 Å². The molecule has 0 aliphatic rings. The highest BCUT2D eigenvalue weighted by molar-refractivity contribution is 7.11. The van der Waals surface area contributed by atoms with E-state index in [1.807, 2.05) is 6.20 Å². The number of aromatic nitrogens is 1. The van der Waals surface area contributed by atoms with Gasteiger partial charge in [0.05, 0.1) is 5.01 Å². The molecular weight excluding hydrogens is 156 g/mol. The third-order valence-electron chi connectivity index (χ3n) is 1.51. The molecule has 0 spiro atoms. The zero-order valence-electron chi connectivity index (χ0n) is 6.84. The molecule has 0 saturated carbocycles. The van der Waals surface area contributed by atoms with Crippen molar-refractivity contribution in [3.63, 3.8) is 0 Å². The van der Waals surface area contributed by atoms with Gasteiger partial charge in [-0.25, -0.2) is 4.98 Å². The molecule has 0 aliphatic heterocycles. The molecule has 2 N–H and O–H groups in total. The molecule has 2 nitrogen and oxygen atoms in total. The summed E-state index contributed by atoms with van der Waals surface area (Å²) in [4.78, 5) is 5.56. The third kappa shape index (κ3) is 2.99. The summed E-state index contributed by atoms with van der Waals surface area (Å²) in [5.74, 6) is 0. The molecule has 0 fully saturated rings. The Morgan fingerprint density at radius 1 is 1.55 bits per heavy atom. The van der Waals surface area contributed by atoms with Crippen molar-refractivity contribution in [1.29, 1.82) is 0 Å². The quantitative estimate of drug-likeness (QED) is 0.699. The lowest BCUT2D eigenvalue weighted by atomic mass is 10.2. The first-order chi connectivity index (χ1) is 5.33. The molecule has 1 heterocycles. The molecular formula is C8H14N2S. The van der Waals surface area contributed by atoms with Crippen molar-refractivity contribution in [3.8, 4) is 0 Å². The van der Waals surface area contributed by atoms with Gasteiger partial charge in [-0.2, -0.15) is 0 Å². The third-order valence-corrected chi connectivity index (χ3v) is 2.49. The van der Waals surface area contributed by atoms with Crippen LogP contribution in [-0.4, -0.2) is 11.5 Å². The summed E-state index contributed by atoms with van der Waals surface area (Å²) in [5.41, 5.74) is 5.38. The minimum Gasteiger partial charge on any atom is -0.330 e. The lowest BCUT2D eigenvalue weighted by molar-refractivity contribution is 0.741. The van der Waals surface area contributed by atoms with Crippen LogP contribution in [0, 0.1) is 6.92 Å². The highest BCUT2D eigenvalue weighted by Gasteiger charge is 1.96. The van der Waals surface area contributed by atoms with Crippen molar-refractivity contribution in [2.45, 2.75) is 26.2 Å². The summed E-state index contributed by atoms with van der Waals surface area (Å²) >= 11 is 1.79. The molecule has 0 bridgehead atoms. The van der Waals surface area contributed by atoms with Crippen LogP contribution in [-0.2, 0) is 6.42 Å². The predicted octanol–water partition coefficient (Wildman–Crippen LogP) is 1.73. The summed E-state index contributed by atoms with van der Waals surface area (Å²) < 4.78 is 0. The summed E-state index contributed by atoms with van der Waals surface area (Å²) in [7, 11) is 0. The molecule has 0 aromatic carbocycles. The van der Waals surface area contributed by atoms with Crippen molar-refractivity contribution < 1.29 is 0 Å². The Morgan fingerprint density at radius 3 is 2.91 bits per heavy atom. The monoisotopic (exact) mass is 170 g/mol. The van der Waals surface area contributed by atoms with Crippen LogP contribution in [0.5, 0.6) is 0 Å². The molecule has 1 rings (SSSR count). The highest BCUT2D eigenvalue weighted by Crippen LogP contribution is 2.13. The first-order valence-electron chi connectivity index (χ1n) is 3.94. The maximum absolute atomic E-state index is 5.38. The smallest absolute Gasteiger partial charge is 0.0927 e. The molecule has 0 atom stereocenters. The standard InChI is InChI=1S/C8H14N2S/c1-7-6-10-8(11-7)4-2-3-5-9/h6H,2-5,9H2,1H3. The fraction of sp³-hybridized carbons (Fsp3) is 0.625. The highest BCUT2D eigenvalue weighted by atomic mass is 32.1. The number of thiazole rings is 1. The van der Waals surface area contributed by atoms with E-state index in [9.17, 15) is 0 Å². The zero-order valence-corrected chi connectivity index (χ0v) is 7.66. The minimum atomic E-state index is 0.796. The molecule has 0 amide bonds. The number of nitrogens with zero attached hydrogens (tertiary/aromatic N) is 1. The first kappa shape index (κ1) is 8.68. The van der Waals surface area contributed by atoms with E-state index in [0.717, 1.165) is 19.4 Å². The largest absolute Gasteiger partial charge is 0.330 e. The van der Waals surface area contributed by atoms with Crippen LogP contribution in [0.15, 0.2) is 6.20 Å². The fourth-order valence-corrected chi connectivity index (χ4v) is 1.77. The van der Waals surface area contributed by atoms with E-state index in [1.165, 1.54) is 16.3 Å². The molecule has 0 aliphatic carbocycles. The van der Waals surface area contributed by atoms with E-state index < -0.39 is 0 Å². The molecule has 0 unspecified atom stereocenters. The summed E-state index contributed by atoms with van der Waals surface area (Å²) in [6.07, 6.45) is 5.31. The molecule has 1 aromatic heterocycles. The number of hydrogen-bond acceptors (Lipinski definition) is 3. The number of aryl methyl sites for hydroxylation is 2. The van der Waals surface area contributed by atoms with Gasteiger partial charge in [0.2, 0.25) is 0 Å². The van der Waals surface area contributed by atoms with Crippen LogP contribution in [0.3, 0.4) is 0 Å². The summed E-state index contributed by atoms with van der Waals surface area (Å²) in [5, 5.41) is 1.25. The van der Waals surface area contributed by atoms with Gasteiger partial charge in [0.15, 0.2) is 0 Å². The molecule has 62 valence electrons. The second kappa shape index (κ2) is 4.46. The normalized spacial score (nSPS) is 10.4. The Kier molecular flexibility index (Phi) is 3.52. The second-order valence-corrected chi connectivity index (χ2v) is 3.93. The Balaban J connectivity index is 2.27. The van der Waals surface area contributed by atoms with Gasteiger partial charge in [-0.1, -0.05) is 0 Å². The van der Waals surface area contributed by atoms with Gasteiger partial charge in [0.1, 0.15) is 0 Å². The van der Waals surface area contributed by atoms with Crippen molar-refractivity contribution in [2.75, 3.05) is 6.54 Å². The Bertz CT molecular complexity index is 208. The average molecular weight is 170 g/mol. The average Bonchev–Trinajstić information content (AvgIpc) is 2.37. The van der Waals surface area contributed by atoms with Crippen molar-refractivity contribution in [2.24, 2.45) is 5.73 Å². The number of unbranched alkanes of at least 4 members (excludes halogenated alkanes) is 1. The van der Waals surface area contributed by atoms with E-state index >= 15 is 0 Å². The van der Waals surface area contributed by atoms with Gasteiger partial charge in [-0.05, 0) is 32.7 Å². The topological polar surface area (TPSA) is 38.9 Å². The SMILES string of the molecule is Cc1cnc(CCCCN)s1. The van der Waals surface area contributed by atoms with E-state index in [-0.39, 0.29) is 0 Å². The van der Waals surface area contributed by atoms with Crippen LogP contribution in [0.25, 0.3) is 0 Å². The minimum absolute atomic E-state index is 0.796. The van der Waals surface area contributed by atoms with Crippen LogP contribution in [0.2, 0.25) is 0 Å². The van der Waals surface area contributed by atoms with Gasteiger partial charge >= 0.3 is 0 Å².